The van der Waals surface area contributed by atoms with Crippen LogP contribution in [0.4, 0.5) is 5.82 Å². The lowest BCUT2D eigenvalue weighted by molar-refractivity contribution is 0.0331. The summed E-state index contributed by atoms with van der Waals surface area (Å²) < 4.78 is 5.48. The molecule has 4 heterocycles. The number of anilines is 1. The molecular formula is C24H25N5OS. The number of aromatic nitrogens is 3. The third-order valence-corrected chi connectivity index (χ3v) is 6.49. The molecule has 1 fully saturated rings. The summed E-state index contributed by atoms with van der Waals surface area (Å²) >= 11 is 1.68. The molecule has 0 bridgehead atoms. The molecule has 4 aromatic rings. The van der Waals surface area contributed by atoms with Gasteiger partial charge >= 0.3 is 0 Å². The number of aryl methyl sites for hydroxylation is 1. The van der Waals surface area contributed by atoms with Crippen LogP contribution in [0.5, 0.6) is 0 Å². The molecule has 5 rings (SSSR count). The number of nitrogens with zero attached hydrogens (tertiary/aromatic N) is 4. The topological polar surface area (TPSA) is 63.2 Å². The molecule has 6 nitrogen and oxygen atoms in total. The average Bonchev–Trinajstić information content (AvgIpc) is 3.24. The molecule has 1 saturated heterocycles. The first-order valence-electron chi connectivity index (χ1n) is 10.5. The zero-order valence-corrected chi connectivity index (χ0v) is 18.4. The zero-order valence-electron chi connectivity index (χ0n) is 17.5. The predicted octanol–water partition coefficient (Wildman–Crippen LogP) is 4.51. The fourth-order valence-corrected chi connectivity index (χ4v) is 4.82. The number of morpholine rings is 1. The molecule has 158 valence electrons. The number of hydrogen-bond donors (Lipinski definition) is 1. The van der Waals surface area contributed by atoms with Gasteiger partial charge in [-0.1, -0.05) is 30.3 Å². The molecule has 1 N–H and O–H groups in total. The summed E-state index contributed by atoms with van der Waals surface area (Å²) in [6.45, 7) is 6.89. The Morgan fingerprint density at radius 2 is 1.94 bits per heavy atom. The van der Waals surface area contributed by atoms with Gasteiger partial charge < -0.3 is 10.1 Å². The number of hydrogen-bond acceptors (Lipinski definition) is 7. The van der Waals surface area contributed by atoms with E-state index >= 15 is 0 Å². The van der Waals surface area contributed by atoms with Gasteiger partial charge in [-0.05, 0) is 29.7 Å². The van der Waals surface area contributed by atoms with E-state index in [2.05, 4.69) is 57.8 Å². The van der Waals surface area contributed by atoms with Gasteiger partial charge in [0, 0.05) is 43.0 Å². The average molecular weight is 432 g/mol. The molecule has 0 spiro atoms. The van der Waals surface area contributed by atoms with E-state index in [9.17, 15) is 0 Å². The quantitative estimate of drug-likeness (QED) is 0.485. The van der Waals surface area contributed by atoms with E-state index in [0.717, 1.165) is 54.7 Å². The van der Waals surface area contributed by atoms with Crippen molar-refractivity contribution in [3.63, 3.8) is 0 Å². The molecule has 1 aromatic carbocycles. The first-order chi connectivity index (χ1) is 15.3. The molecule has 0 amide bonds. The molecule has 0 atom stereocenters. The lowest BCUT2D eigenvalue weighted by Gasteiger charge is -2.25. The van der Waals surface area contributed by atoms with Crippen LogP contribution in [-0.4, -0.2) is 46.2 Å². The highest BCUT2D eigenvalue weighted by atomic mass is 32.1. The standard InChI is InChI=1S/C24H25N5OS/c1-17-13-25-8-7-19(17)14-26-23-22-20(18-5-3-2-4-6-18)16-31-24(22)28-21(27-23)15-29-9-11-30-12-10-29/h2-8,13,16H,9-12,14-15H2,1H3,(H,26,27,28). The summed E-state index contributed by atoms with van der Waals surface area (Å²) in [7, 11) is 0. The van der Waals surface area contributed by atoms with Gasteiger partial charge in [-0.25, -0.2) is 9.97 Å². The molecule has 31 heavy (non-hydrogen) atoms. The largest absolute Gasteiger partial charge is 0.379 e. The van der Waals surface area contributed by atoms with Gasteiger partial charge in [0.15, 0.2) is 0 Å². The molecule has 0 saturated carbocycles. The lowest BCUT2D eigenvalue weighted by atomic mass is 10.1. The minimum Gasteiger partial charge on any atom is -0.379 e. The summed E-state index contributed by atoms with van der Waals surface area (Å²) in [4.78, 5) is 17.5. The minimum absolute atomic E-state index is 0.696. The number of rotatable bonds is 6. The van der Waals surface area contributed by atoms with E-state index in [-0.39, 0.29) is 0 Å². The summed E-state index contributed by atoms with van der Waals surface area (Å²) in [5.41, 5.74) is 4.74. The van der Waals surface area contributed by atoms with Crippen LogP contribution in [0.25, 0.3) is 21.3 Å². The van der Waals surface area contributed by atoms with E-state index in [0.29, 0.717) is 6.54 Å². The Morgan fingerprint density at radius 1 is 1.10 bits per heavy atom. The van der Waals surface area contributed by atoms with Crippen LogP contribution in [0.1, 0.15) is 17.0 Å². The Labute approximate surface area is 185 Å². The third kappa shape index (κ3) is 4.44. The molecule has 3 aromatic heterocycles. The second kappa shape index (κ2) is 9.09. The fraction of sp³-hybridized carbons (Fsp3) is 0.292. The number of fused-ring (bicyclic) bond motifs is 1. The van der Waals surface area contributed by atoms with Crippen molar-refractivity contribution in [1.29, 1.82) is 0 Å². The summed E-state index contributed by atoms with van der Waals surface area (Å²) in [6, 6.07) is 12.5. The van der Waals surface area contributed by atoms with Gasteiger partial charge in [-0.15, -0.1) is 11.3 Å². The molecule has 0 aliphatic carbocycles. The monoisotopic (exact) mass is 431 g/mol. The normalized spacial score (nSPS) is 14.7. The van der Waals surface area contributed by atoms with E-state index < -0.39 is 0 Å². The van der Waals surface area contributed by atoms with Crippen LogP contribution >= 0.6 is 11.3 Å². The maximum absolute atomic E-state index is 5.48. The molecule has 0 radical (unpaired) electrons. The Kier molecular flexibility index (Phi) is 5.88. The number of pyridine rings is 1. The molecular weight excluding hydrogens is 406 g/mol. The first-order valence-corrected chi connectivity index (χ1v) is 11.4. The Bertz CT molecular complexity index is 1170. The van der Waals surface area contributed by atoms with Gasteiger partial charge in [-0.3, -0.25) is 9.88 Å². The van der Waals surface area contributed by atoms with Gasteiger partial charge in [0.1, 0.15) is 16.5 Å². The van der Waals surface area contributed by atoms with Crippen LogP contribution in [0.15, 0.2) is 54.2 Å². The lowest BCUT2D eigenvalue weighted by Crippen LogP contribution is -2.36. The van der Waals surface area contributed by atoms with Crippen molar-refractivity contribution in [3.05, 3.63) is 71.1 Å². The summed E-state index contributed by atoms with van der Waals surface area (Å²) in [5, 5.41) is 6.89. The Balaban J connectivity index is 1.53. The van der Waals surface area contributed by atoms with Crippen molar-refractivity contribution in [1.82, 2.24) is 19.9 Å². The smallest absolute Gasteiger partial charge is 0.146 e. The number of ether oxygens (including phenoxy) is 1. The third-order valence-electron chi connectivity index (χ3n) is 5.62. The summed E-state index contributed by atoms with van der Waals surface area (Å²) in [5.74, 6) is 1.74. The highest BCUT2D eigenvalue weighted by Crippen LogP contribution is 2.37. The molecule has 7 heteroatoms. The van der Waals surface area contributed by atoms with Crippen LogP contribution in [0.3, 0.4) is 0 Å². The summed E-state index contributed by atoms with van der Waals surface area (Å²) in [6.07, 6.45) is 3.74. The van der Waals surface area contributed by atoms with Crippen molar-refractivity contribution in [2.45, 2.75) is 20.0 Å². The maximum atomic E-state index is 5.48. The second-order valence-corrected chi connectivity index (χ2v) is 8.59. The zero-order chi connectivity index (χ0) is 21.0. The van der Waals surface area contributed by atoms with Gasteiger partial charge in [0.25, 0.3) is 0 Å². The van der Waals surface area contributed by atoms with Crippen LogP contribution < -0.4 is 5.32 Å². The molecule has 1 aliphatic heterocycles. The van der Waals surface area contributed by atoms with Crippen molar-refractivity contribution in [3.8, 4) is 11.1 Å². The van der Waals surface area contributed by atoms with Gasteiger partial charge in [0.2, 0.25) is 0 Å². The maximum Gasteiger partial charge on any atom is 0.146 e. The van der Waals surface area contributed by atoms with E-state index in [4.69, 9.17) is 14.7 Å². The first kappa shape index (κ1) is 20.1. The Hall–Kier alpha value is -2.87. The van der Waals surface area contributed by atoms with Crippen molar-refractivity contribution >= 4 is 27.4 Å². The van der Waals surface area contributed by atoms with Crippen LogP contribution in [0, 0.1) is 6.92 Å². The highest BCUT2D eigenvalue weighted by Gasteiger charge is 2.18. The molecule has 1 aliphatic rings. The van der Waals surface area contributed by atoms with Gasteiger partial charge in [-0.2, -0.15) is 0 Å². The minimum atomic E-state index is 0.696. The fourth-order valence-electron chi connectivity index (χ4n) is 3.85. The van der Waals surface area contributed by atoms with E-state index in [1.807, 2.05) is 18.5 Å². The van der Waals surface area contributed by atoms with E-state index in [1.54, 1.807) is 11.3 Å². The van der Waals surface area contributed by atoms with Crippen molar-refractivity contribution in [2.75, 3.05) is 31.6 Å². The SMILES string of the molecule is Cc1cnccc1CNc1nc(CN2CCOCC2)nc2scc(-c3ccccc3)c12. The van der Waals surface area contributed by atoms with E-state index in [1.165, 1.54) is 22.3 Å². The van der Waals surface area contributed by atoms with Crippen molar-refractivity contribution in [2.24, 2.45) is 0 Å². The van der Waals surface area contributed by atoms with Gasteiger partial charge in [0.05, 0.1) is 25.1 Å². The van der Waals surface area contributed by atoms with Crippen molar-refractivity contribution < 1.29 is 4.74 Å². The number of benzene rings is 1. The predicted molar refractivity (Wildman–Crippen MR) is 125 cm³/mol. The highest BCUT2D eigenvalue weighted by molar-refractivity contribution is 7.17. The molecule has 0 unspecified atom stereocenters. The number of nitrogens with one attached hydrogen (secondary N) is 1. The van der Waals surface area contributed by atoms with Crippen LogP contribution in [0.2, 0.25) is 0 Å². The Morgan fingerprint density at radius 3 is 2.74 bits per heavy atom. The number of thiophene rings is 1. The van der Waals surface area contributed by atoms with Crippen LogP contribution in [-0.2, 0) is 17.8 Å². The second-order valence-electron chi connectivity index (χ2n) is 7.73.